The highest BCUT2D eigenvalue weighted by Crippen LogP contribution is 2.39. The summed E-state index contributed by atoms with van der Waals surface area (Å²) in [5.41, 5.74) is 2.65. The first-order valence-corrected chi connectivity index (χ1v) is 9.69. The number of alkyl halides is 3. The number of fused-ring (bicyclic) bond motifs is 1. The summed E-state index contributed by atoms with van der Waals surface area (Å²) in [5, 5.41) is 4.39. The molecule has 0 fully saturated rings. The highest BCUT2D eigenvalue weighted by molar-refractivity contribution is 5.91. The van der Waals surface area contributed by atoms with Crippen LogP contribution in [0.4, 0.5) is 13.2 Å². The number of rotatable bonds is 3. The zero-order valence-electron chi connectivity index (χ0n) is 16.2. The Balaban J connectivity index is 1.91. The van der Waals surface area contributed by atoms with E-state index in [9.17, 15) is 13.2 Å². The maximum atomic E-state index is 14.1. The van der Waals surface area contributed by atoms with Crippen molar-refractivity contribution in [3.8, 4) is 33.6 Å². The van der Waals surface area contributed by atoms with E-state index in [4.69, 9.17) is 0 Å². The molecule has 5 aromatic rings. The molecule has 31 heavy (non-hydrogen) atoms. The first-order valence-electron chi connectivity index (χ1n) is 9.69. The number of hydrogen-bond donors (Lipinski definition) is 0. The van der Waals surface area contributed by atoms with Crippen molar-refractivity contribution in [2.24, 2.45) is 0 Å². The molecule has 6 heteroatoms. The SMILES string of the molecule is FC(F)(F)c1cc(-c2ccccc2)nc2c(-c3ccccc3)c(-c3ccccc3)nn12. The van der Waals surface area contributed by atoms with Gasteiger partial charge < -0.3 is 0 Å². The molecule has 0 aliphatic heterocycles. The van der Waals surface area contributed by atoms with Crippen LogP contribution in [0.2, 0.25) is 0 Å². The van der Waals surface area contributed by atoms with Gasteiger partial charge in [0.2, 0.25) is 0 Å². The average molecular weight is 415 g/mol. The summed E-state index contributed by atoms with van der Waals surface area (Å²) < 4.78 is 43.1. The molecule has 3 nitrogen and oxygen atoms in total. The summed E-state index contributed by atoms with van der Waals surface area (Å²) in [6.07, 6.45) is -4.60. The number of hydrogen-bond acceptors (Lipinski definition) is 2. The molecule has 3 aromatic carbocycles. The van der Waals surface area contributed by atoms with Crippen LogP contribution in [-0.2, 0) is 6.18 Å². The quantitative estimate of drug-likeness (QED) is 0.326. The second-order valence-corrected chi connectivity index (χ2v) is 7.08. The maximum absolute atomic E-state index is 14.1. The van der Waals surface area contributed by atoms with E-state index in [2.05, 4.69) is 10.1 Å². The van der Waals surface area contributed by atoms with Crippen LogP contribution in [0.25, 0.3) is 39.3 Å². The number of benzene rings is 3. The lowest BCUT2D eigenvalue weighted by Crippen LogP contribution is -2.13. The largest absolute Gasteiger partial charge is 0.433 e. The minimum atomic E-state index is -4.60. The smallest absolute Gasteiger partial charge is 0.228 e. The molecule has 0 saturated carbocycles. The Morgan fingerprint density at radius 2 is 1.16 bits per heavy atom. The van der Waals surface area contributed by atoms with E-state index in [1.54, 1.807) is 24.3 Å². The molecule has 0 N–H and O–H groups in total. The normalized spacial score (nSPS) is 11.7. The van der Waals surface area contributed by atoms with E-state index in [0.717, 1.165) is 21.7 Å². The molecule has 0 aliphatic rings. The van der Waals surface area contributed by atoms with E-state index >= 15 is 0 Å². The van der Waals surface area contributed by atoms with Gasteiger partial charge in [0.25, 0.3) is 0 Å². The summed E-state index contributed by atoms with van der Waals surface area (Å²) in [6.45, 7) is 0. The Morgan fingerprint density at radius 3 is 1.71 bits per heavy atom. The van der Waals surface area contributed by atoms with Crippen molar-refractivity contribution in [2.45, 2.75) is 6.18 Å². The molecule has 0 bridgehead atoms. The molecule has 2 aromatic heterocycles. The van der Waals surface area contributed by atoms with Crippen molar-refractivity contribution in [2.75, 3.05) is 0 Å². The molecule has 5 rings (SSSR count). The third-order valence-corrected chi connectivity index (χ3v) is 5.06. The van der Waals surface area contributed by atoms with Crippen LogP contribution in [0.3, 0.4) is 0 Å². The second kappa shape index (κ2) is 7.40. The van der Waals surface area contributed by atoms with Gasteiger partial charge in [-0.15, -0.1) is 0 Å². The monoisotopic (exact) mass is 415 g/mol. The Morgan fingerprint density at radius 1 is 0.645 bits per heavy atom. The Labute approximate surface area is 176 Å². The van der Waals surface area contributed by atoms with Crippen molar-refractivity contribution in [3.05, 3.63) is 103 Å². The predicted octanol–water partition coefficient (Wildman–Crippen LogP) is 6.75. The fourth-order valence-corrected chi connectivity index (χ4v) is 3.64. The van der Waals surface area contributed by atoms with E-state index in [0.29, 0.717) is 16.8 Å². The Kier molecular flexibility index (Phi) is 4.55. The van der Waals surface area contributed by atoms with Gasteiger partial charge in [-0.2, -0.15) is 18.3 Å². The number of halogens is 3. The third-order valence-electron chi connectivity index (χ3n) is 5.06. The molecule has 2 heterocycles. The van der Waals surface area contributed by atoms with Gasteiger partial charge in [-0.05, 0) is 11.6 Å². The average Bonchev–Trinajstić information content (AvgIpc) is 3.19. The molecular formula is C25H16F3N3. The lowest BCUT2D eigenvalue weighted by atomic mass is 10.0. The van der Waals surface area contributed by atoms with E-state index < -0.39 is 11.9 Å². The third kappa shape index (κ3) is 3.46. The summed E-state index contributed by atoms with van der Waals surface area (Å²) in [7, 11) is 0. The molecule has 0 radical (unpaired) electrons. The van der Waals surface area contributed by atoms with Gasteiger partial charge in [0, 0.05) is 11.1 Å². The molecule has 0 atom stereocenters. The van der Waals surface area contributed by atoms with E-state index in [1.165, 1.54) is 0 Å². The van der Waals surface area contributed by atoms with Crippen LogP contribution in [-0.4, -0.2) is 14.6 Å². The van der Waals surface area contributed by atoms with Crippen LogP contribution >= 0.6 is 0 Å². The first-order chi connectivity index (χ1) is 15.0. The van der Waals surface area contributed by atoms with Crippen molar-refractivity contribution in [1.82, 2.24) is 14.6 Å². The predicted molar refractivity (Wildman–Crippen MR) is 114 cm³/mol. The summed E-state index contributed by atoms with van der Waals surface area (Å²) >= 11 is 0. The van der Waals surface area contributed by atoms with Crippen molar-refractivity contribution < 1.29 is 13.2 Å². The number of aromatic nitrogens is 3. The van der Waals surface area contributed by atoms with Crippen LogP contribution in [0.5, 0.6) is 0 Å². The lowest BCUT2D eigenvalue weighted by molar-refractivity contribution is -0.142. The van der Waals surface area contributed by atoms with E-state index in [1.807, 2.05) is 66.7 Å². The molecule has 0 aliphatic carbocycles. The van der Waals surface area contributed by atoms with Crippen LogP contribution < -0.4 is 0 Å². The van der Waals surface area contributed by atoms with Gasteiger partial charge in [0.15, 0.2) is 11.3 Å². The topological polar surface area (TPSA) is 30.2 Å². The Bertz CT molecular complexity index is 1340. The highest BCUT2D eigenvalue weighted by Gasteiger charge is 2.36. The molecular weight excluding hydrogens is 399 g/mol. The van der Waals surface area contributed by atoms with Gasteiger partial charge >= 0.3 is 6.18 Å². The maximum Gasteiger partial charge on any atom is 0.433 e. The second-order valence-electron chi connectivity index (χ2n) is 7.08. The van der Waals surface area contributed by atoms with Crippen molar-refractivity contribution >= 4 is 5.65 Å². The fourth-order valence-electron chi connectivity index (χ4n) is 3.64. The zero-order valence-corrected chi connectivity index (χ0v) is 16.2. The van der Waals surface area contributed by atoms with Gasteiger partial charge in [0.05, 0.1) is 11.3 Å². The molecule has 0 saturated heterocycles. The zero-order chi connectivity index (χ0) is 21.4. The molecule has 0 spiro atoms. The molecule has 152 valence electrons. The summed E-state index contributed by atoms with van der Waals surface area (Å²) in [6, 6.07) is 28.4. The van der Waals surface area contributed by atoms with Gasteiger partial charge in [0.1, 0.15) is 5.69 Å². The standard InChI is InChI=1S/C25H16F3N3/c26-25(27,28)21-16-20(17-10-4-1-5-11-17)29-24-22(18-12-6-2-7-13-18)23(30-31(21)24)19-14-8-3-9-15-19/h1-16H. The van der Waals surface area contributed by atoms with E-state index in [-0.39, 0.29) is 11.3 Å². The first kappa shape index (κ1) is 19.1. The number of nitrogens with zero attached hydrogens (tertiary/aromatic N) is 3. The van der Waals surface area contributed by atoms with Gasteiger partial charge in [-0.1, -0.05) is 91.0 Å². The summed E-state index contributed by atoms with van der Waals surface area (Å²) in [5.74, 6) is 0. The van der Waals surface area contributed by atoms with Gasteiger partial charge in [-0.25, -0.2) is 9.50 Å². The lowest BCUT2D eigenvalue weighted by Gasteiger charge is -2.11. The highest BCUT2D eigenvalue weighted by atomic mass is 19.4. The fraction of sp³-hybridized carbons (Fsp3) is 0.0400. The Hall–Kier alpha value is -3.93. The van der Waals surface area contributed by atoms with Crippen LogP contribution in [0.1, 0.15) is 5.69 Å². The molecule has 0 unspecified atom stereocenters. The van der Waals surface area contributed by atoms with Crippen LogP contribution in [0.15, 0.2) is 97.1 Å². The minimum absolute atomic E-state index is 0.165. The molecule has 0 amide bonds. The minimum Gasteiger partial charge on any atom is -0.228 e. The summed E-state index contributed by atoms with van der Waals surface area (Å²) in [4.78, 5) is 4.64. The van der Waals surface area contributed by atoms with Crippen molar-refractivity contribution in [1.29, 1.82) is 0 Å². The van der Waals surface area contributed by atoms with Crippen molar-refractivity contribution in [3.63, 3.8) is 0 Å². The van der Waals surface area contributed by atoms with Gasteiger partial charge in [-0.3, -0.25) is 0 Å². The van der Waals surface area contributed by atoms with Crippen LogP contribution in [0, 0.1) is 0 Å².